The molecule has 6 heteroatoms. The lowest BCUT2D eigenvalue weighted by molar-refractivity contribution is -0.122. The number of aliphatic hydroxyl groups is 1. The maximum absolute atomic E-state index is 11.8. The Bertz CT molecular complexity index is 456. The van der Waals surface area contributed by atoms with Crippen molar-refractivity contribution in [3.63, 3.8) is 0 Å². The van der Waals surface area contributed by atoms with E-state index in [0.717, 1.165) is 24.3 Å². The van der Waals surface area contributed by atoms with Crippen LogP contribution in [0.5, 0.6) is 0 Å². The lowest BCUT2D eigenvalue weighted by atomic mass is 10.0. The van der Waals surface area contributed by atoms with E-state index in [2.05, 4.69) is 15.6 Å². The first-order valence-corrected chi connectivity index (χ1v) is 6.81. The van der Waals surface area contributed by atoms with Gasteiger partial charge in [0, 0.05) is 31.3 Å². The smallest absolute Gasteiger partial charge is 0.220 e. The molecule has 0 spiro atoms. The van der Waals surface area contributed by atoms with Gasteiger partial charge in [0.15, 0.2) is 6.39 Å². The third-order valence-corrected chi connectivity index (χ3v) is 3.83. The number of carbonyl (C=O) groups excluding carboxylic acids is 1. The van der Waals surface area contributed by atoms with Crippen LogP contribution in [0.3, 0.4) is 0 Å². The van der Waals surface area contributed by atoms with Gasteiger partial charge in [-0.3, -0.25) is 4.79 Å². The van der Waals surface area contributed by atoms with Crippen LogP contribution in [0.1, 0.15) is 36.6 Å². The van der Waals surface area contributed by atoms with Crippen molar-refractivity contribution in [3.8, 4) is 0 Å². The summed E-state index contributed by atoms with van der Waals surface area (Å²) in [6, 6.07) is 0. The summed E-state index contributed by atoms with van der Waals surface area (Å²) in [6.45, 7) is 1.69. The van der Waals surface area contributed by atoms with Crippen molar-refractivity contribution in [2.45, 2.75) is 37.8 Å². The normalized spacial score (nSPS) is 26.6. The SMILES string of the molecule is O=C(C[C@@H]1CNC[C@H]1O)NCc1ncoc1C1CC1. The van der Waals surface area contributed by atoms with E-state index in [1.807, 2.05) is 0 Å². The Morgan fingerprint density at radius 3 is 3.05 bits per heavy atom. The topological polar surface area (TPSA) is 87.4 Å². The molecule has 1 aliphatic carbocycles. The maximum atomic E-state index is 11.8. The minimum atomic E-state index is -0.417. The fourth-order valence-electron chi connectivity index (χ4n) is 2.51. The van der Waals surface area contributed by atoms with Crippen LogP contribution in [-0.2, 0) is 11.3 Å². The summed E-state index contributed by atoms with van der Waals surface area (Å²) in [5.41, 5.74) is 0.834. The van der Waals surface area contributed by atoms with Crippen molar-refractivity contribution in [1.82, 2.24) is 15.6 Å². The Labute approximate surface area is 111 Å². The van der Waals surface area contributed by atoms with Crippen LogP contribution < -0.4 is 10.6 Å². The summed E-state index contributed by atoms with van der Waals surface area (Å²) in [5.74, 6) is 1.39. The Kier molecular flexibility index (Phi) is 3.52. The fourth-order valence-corrected chi connectivity index (χ4v) is 2.51. The molecule has 1 aliphatic heterocycles. The molecular formula is C13H19N3O3. The van der Waals surface area contributed by atoms with Gasteiger partial charge in [-0.15, -0.1) is 0 Å². The summed E-state index contributed by atoms with van der Waals surface area (Å²) in [6.07, 6.45) is 3.68. The van der Waals surface area contributed by atoms with E-state index in [9.17, 15) is 9.90 Å². The van der Waals surface area contributed by atoms with Crippen LogP contribution in [0.25, 0.3) is 0 Å². The highest BCUT2D eigenvalue weighted by Crippen LogP contribution is 2.41. The number of hydrogen-bond donors (Lipinski definition) is 3. The molecule has 0 unspecified atom stereocenters. The maximum Gasteiger partial charge on any atom is 0.220 e. The fraction of sp³-hybridized carbons (Fsp3) is 0.692. The molecule has 3 N–H and O–H groups in total. The molecule has 0 bridgehead atoms. The number of aliphatic hydroxyl groups excluding tert-OH is 1. The van der Waals surface area contributed by atoms with Crippen molar-refractivity contribution in [2.75, 3.05) is 13.1 Å². The summed E-state index contributed by atoms with van der Waals surface area (Å²) in [5, 5.41) is 15.6. The van der Waals surface area contributed by atoms with Crippen LogP contribution in [0.15, 0.2) is 10.8 Å². The molecule has 2 heterocycles. The van der Waals surface area contributed by atoms with Gasteiger partial charge >= 0.3 is 0 Å². The molecule has 1 aromatic rings. The van der Waals surface area contributed by atoms with E-state index in [4.69, 9.17) is 4.42 Å². The Balaban J connectivity index is 1.48. The molecule has 1 aromatic heterocycles. The molecule has 2 atom stereocenters. The first kappa shape index (κ1) is 12.6. The largest absolute Gasteiger partial charge is 0.448 e. The van der Waals surface area contributed by atoms with Crippen LogP contribution in [0.2, 0.25) is 0 Å². The minimum Gasteiger partial charge on any atom is -0.448 e. The average Bonchev–Trinajstić information content (AvgIpc) is 3.00. The third kappa shape index (κ3) is 2.96. The van der Waals surface area contributed by atoms with Crippen molar-refractivity contribution >= 4 is 5.91 Å². The van der Waals surface area contributed by atoms with Gasteiger partial charge in [-0.1, -0.05) is 0 Å². The summed E-state index contributed by atoms with van der Waals surface area (Å²) in [4.78, 5) is 16.0. The molecule has 0 aromatic carbocycles. The van der Waals surface area contributed by atoms with E-state index < -0.39 is 6.10 Å². The van der Waals surface area contributed by atoms with Crippen molar-refractivity contribution in [2.24, 2.45) is 5.92 Å². The summed E-state index contributed by atoms with van der Waals surface area (Å²) >= 11 is 0. The predicted octanol–water partition coefficient (Wildman–Crippen LogP) is 0.139. The quantitative estimate of drug-likeness (QED) is 0.705. The molecule has 6 nitrogen and oxygen atoms in total. The second-order valence-corrected chi connectivity index (χ2v) is 5.40. The third-order valence-electron chi connectivity index (χ3n) is 3.83. The second kappa shape index (κ2) is 5.30. The van der Waals surface area contributed by atoms with Gasteiger partial charge in [0.25, 0.3) is 0 Å². The molecule has 104 valence electrons. The standard InChI is InChI=1S/C13H19N3O3/c17-11-6-14-4-9(11)3-12(18)15-5-10-13(8-1-2-8)19-7-16-10/h7-9,11,14,17H,1-6H2,(H,15,18)/t9-,11-/m1/s1. The highest BCUT2D eigenvalue weighted by molar-refractivity contribution is 5.76. The highest BCUT2D eigenvalue weighted by Gasteiger charge is 2.30. The van der Waals surface area contributed by atoms with Crippen LogP contribution in [0.4, 0.5) is 0 Å². The molecule has 1 saturated carbocycles. The van der Waals surface area contributed by atoms with Crippen molar-refractivity contribution in [3.05, 3.63) is 17.8 Å². The number of hydrogen-bond acceptors (Lipinski definition) is 5. The summed E-state index contributed by atoms with van der Waals surface area (Å²) < 4.78 is 5.36. The molecule has 2 fully saturated rings. The first-order chi connectivity index (χ1) is 9.24. The molecule has 1 amide bonds. The number of aromatic nitrogens is 1. The van der Waals surface area contributed by atoms with Gasteiger partial charge < -0.3 is 20.2 Å². The number of rotatable bonds is 5. The van der Waals surface area contributed by atoms with E-state index in [1.54, 1.807) is 0 Å². The van der Waals surface area contributed by atoms with E-state index in [-0.39, 0.29) is 11.8 Å². The Morgan fingerprint density at radius 2 is 2.37 bits per heavy atom. The van der Waals surface area contributed by atoms with Crippen LogP contribution in [0, 0.1) is 5.92 Å². The molecule has 3 rings (SSSR count). The number of amides is 1. The lowest BCUT2D eigenvalue weighted by Gasteiger charge is -2.12. The van der Waals surface area contributed by atoms with Gasteiger partial charge in [-0.05, 0) is 12.8 Å². The van der Waals surface area contributed by atoms with Gasteiger partial charge in [-0.25, -0.2) is 4.98 Å². The number of nitrogens with zero attached hydrogens (tertiary/aromatic N) is 1. The predicted molar refractivity (Wildman–Crippen MR) is 67.3 cm³/mol. The van der Waals surface area contributed by atoms with E-state index in [0.29, 0.717) is 32.0 Å². The minimum absolute atomic E-state index is 0.0141. The van der Waals surface area contributed by atoms with Crippen molar-refractivity contribution < 1.29 is 14.3 Å². The first-order valence-electron chi connectivity index (χ1n) is 6.81. The van der Waals surface area contributed by atoms with E-state index in [1.165, 1.54) is 6.39 Å². The summed E-state index contributed by atoms with van der Waals surface area (Å²) in [7, 11) is 0. The monoisotopic (exact) mass is 265 g/mol. The van der Waals surface area contributed by atoms with Crippen LogP contribution in [-0.4, -0.2) is 35.2 Å². The van der Waals surface area contributed by atoms with E-state index >= 15 is 0 Å². The lowest BCUT2D eigenvalue weighted by Crippen LogP contribution is -2.29. The molecular weight excluding hydrogens is 246 g/mol. The van der Waals surface area contributed by atoms with Gasteiger partial charge in [0.1, 0.15) is 11.5 Å². The molecule has 1 saturated heterocycles. The zero-order valence-electron chi connectivity index (χ0n) is 10.8. The van der Waals surface area contributed by atoms with Crippen molar-refractivity contribution in [1.29, 1.82) is 0 Å². The number of β-amino-alcohol motifs (C(OH)–C–C–N with tert-alkyl or cyclic N) is 1. The second-order valence-electron chi connectivity index (χ2n) is 5.40. The molecule has 19 heavy (non-hydrogen) atoms. The molecule has 0 radical (unpaired) electrons. The van der Waals surface area contributed by atoms with Crippen LogP contribution >= 0.6 is 0 Å². The van der Waals surface area contributed by atoms with Gasteiger partial charge in [-0.2, -0.15) is 0 Å². The Morgan fingerprint density at radius 1 is 1.53 bits per heavy atom. The average molecular weight is 265 g/mol. The van der Waals surface area contributed by atoms with Gasteiger partial charge in [0.2, 0.25) is 5.91 Å². The zero-order valence-corrected chi connectivity index (χ0v) is 10.8. The van der Waals surface area contributed by atoms with Gasteiger partial charge in [0.05, 0.1) is 12.6 Å². The zero-order chi connectivity index (χ0) is 13.2. The Hall–Kier alpha value is -1.40. The number of carbonyl (C=O) groups is 1. The number of oxazole rings is 1. The highest BCUT2D eigenvalue weighted by atomic mass is 16.3. The molecule has 2 aliphatic rings. The number of nitrogens with one attached hydrogen (secondary N) is 2.